The molecule has 0 saturated carbocycles. The number of aryl methyl sites for hydroxylation is 3. The Morgan fingerprint density at radius 1 is 0.562 bits per heavy atom. The molecule has 6 aromatic rings. The number of rotatable bonds is 19. The summed E-state index contributed by atoms with van der Waals surface area (Å²) in [6.45, 7) is 11.7. The van der Waals surface area contributed by atoms with E-state index in [1.165, 1.54) is 12.1 Å². The molecule has 2 heterocycles. The number of carbonyl (C=O) groups excluding carboxylic acids is 2. The van der Waals surface area contributed by atoms with Gasteiger partial charge in [-0.05, 0) is 105 Å². The lowest BCUT2D eigenvalue weighted by Gasteiger charge is -2.13. The zero-order chi connectivity index (χ0) is 46.3. The summed E-state index contributed by atoms with van der Waals surface area (Å²) in [6.07, 6.45) is 7.20. The van der Waals surface area contributed by atoms with Crippen LogP contribution in [-0.2, 0) is 12.8 Å². The monoisotopic (exact) mass is 874 g/mol. The Labute approximate surface area is 371 Å². The van der Waals surface area contributed by atoms with Crippen LogP contribution in [0, 0.1) is 20.8 Å². The number of aromatic hydroxyl groups is 2. The van der Waals surface area contributed by atoms with E-state index < -0.39 is 28.9 Å². The van der Waals surface area contributed by atoms with E-state index in [0.717, 1.165) is 66.2 Å². The van der Waals surface area contributed by atoms with Gasteiger partial charge in [-0.3, -0.25) is 19.2 Å². The summed E-state index contributed by atoms with van der Waals surface area (Å²) in [5.74, 6) is -0.940. The quantitative estimate of drug-likeness (QED) is 0.0387. The summed E-state index contributed by atoms with van der Waals surface area (Å²) >= 11 is 0. The van der Waals surface area contributed by atoms with E-state index in [-0.39, 0.29) is 34.7 Å². The van der Waals surface area contributed by atoms with Crippen LogP contribution >= 0.6 is 0 Å². The van der Waals surface area contributed by atoms with Gasteiger partial charge in [-0.25, -0.2) is 4.79 Å². The van der Waals surface area contributed by atoms with Crippen LogP contribution < -0.4 is 31.2 Å². The number of phenols is 2. The molecule has 64 heavy (non-hydrogen) atoms. The van der Waals surface area contributed by atoms with E-state index in [1.54, 1.807) is 24.3 Å². The molecule has 0 aliphatic carbocycles. The molecule has 0 aliphatic rings. The molecular formula is C50H58N4O10. The van der Waals surface area contributed by atoms with Crippen molar-refractivity contribution in [1.82, 2.24) is 20.6 Å². The number of amides is 2. The van der Waals surface area contributed by atoms with Crippen molar-refractivity contribution in [3.05, 3.63) is 138 Å². The number of aromatic carboxylic acids is 1. The number of hydrogen-bond acceptors (Lipinski definition) is 9. The molecule has 2 aromatic heterocycles. The Kier molecular flexibility index (Phi) is 17.1. The van der Waals surface area contributed by atoms with Gasteiger partial charge in [-0.2, -0.15) is 0 Å². The van der Waals surface area contributed by atoms with Gasteiger partial charge in [0, 0.05) is 23.9 Å². The minimum absolute atomic E-state index is 0.00708. The molecule has 0 spiro atoms. The summed E-state index contributed by atoms with van der Waals surface area (Å²) < 4.78 is 11.9. The van der Waals surface area contributed by atoms with Crippen molar-refractivity contribution in [2.45, 2.75) is 86.0 Å². The van der Waals surface area contributed by atoms with E-state index >= 15 is 0 Å². The molecular weight excluding hydrogens is 817 g/mol. The molecule has 0 saturated heterocycles. The molecule has 0 aliphatic heterocycles. The van der Waals surface area contributed by atoms with Gasteiger partial charge in [0.2, 0.25) is 0 Å². The van der Waals surface area contributed by atoms with Crippen molar-refractivity contribution in [2.75, 3.05) is 26.3 Å². The minimum Gasteiger partial charge on any atom is -0.508 e. The Bertz CT molecular complexity index is 2740. The highest BCUT2D eigenvalue weighted by molar-refractivity contribution is 5.99. The van der Waals surface area contributed by atoms with Gasteiger partial charge in [0.15, 0.2) is 0 Å². The molecule has 0 radical (unpaired) electrons. The molecule has 4 aromatic carbocycles. The van der Waals surface area contributed by atoms with Crippen molar-refractivity contribution >= 4 is 39.6 Å². The van der Waals surface area contributed by atoms with Gasteiger partial charge < -0.3 is 45.4 Å². The number of aromatic amines is 2. The van der Waals surface area contributed by atoms with Crippen molar-refractivity contribution in [1.29, 1.82) is 0 Å². The number of fused-ring (bicyclic) bond motifs is 2. The van der Waals surface area contributed by atoms with E-state index in [4.69, 9.17) is 14.6 Å². The third kappa shape index (κ3) is 12.5. The van der Waals surface area contributed by atoms with Crippen LogP contribution in [0.5, 0.6) is 23.0 Å². The number of ether oxygens (including phenoxy) is 2. The smallest absolute Gasteiger partial charge is 0.339 e. The number of nitrogens with one attached hydrogen (secondary N) is 4. The topological polar surface area (TPSA) is 220 Å². The average molecular weight is 875 g/mol. The number of benzene rings is 4. The van der Waals surface area contributed by atoms with Crippen molar-refractivity contribution in [3.8, 4) is 23.0 Å². The normalized spacial score (nSPS) is 10.9. The summed E-state index contributed by atoms with van der Waals surface area (Å²) in [5.41, 5.74) is 4.44. The molecule has 0 atom stereocenters. The third-order valence-electron chi connectivity index (χ3n) is 10.8. The van der Waals surface area contributed by atoms with E-state index in [0.29, 0.717) is 66.1 Å². The molecule has 0 unspecified atom stereocenters. The lowest BCUT2D eigenvalue weighted by atomic mass is 10.1. The first-order valence-corrected chi connectivity index (χ1v) is 21.7. The summed E-state index contributed by atoms with van der Waals surface area (Å²) in [7, 11) is 0. The number of carbonyl (C=O) groups is 3. The first-order chi connectivity index (χ1) is 30.7. The second-order valence-electron chi connectivity index (χ2n) is 15.8. The van der Waals surface area contributed by atoms with Crippen molar-refractivity contribution in [3.63, 3.8) is 0 Å². The fourth-order valence-corrected chi connectivity index (χ4v) is 7.09. The SMILES string of the molecule is CCCCCOc1c(C)ccc2cc(C(=O)NCCc3ccc(C(=O)O)c(O)c3)c(=O)[nH]c12.CCCCCOc1c(C)ccc2cc(C(=O)NCCc3ccc(O)c(C)c3)c(=O)[nH]c12. The van der Waals surface area contributed by atoms with E-state index in [1.807, 2.05) is 57.2 Å². The summed E-state index contributed by atoms with van der Waals surface area (Å²) in [6, 6.07) is 20.3. The maximum Gasteiger partial charge on any atom is 0.339 e. The lowest BCUT2D eigenvalue weighted by Crippen LogP contribution is -2.31. The predicted molar refractivity (Wildman–Crippen MR) is 249 cm³/mol. The number of unbranched alkanes of at least 4 members (excludes halogenated alkanes) is 4. The molecule has 6 rings (SSSR count). The predicted octanol–water partition coefficient (Wildman–Crippen LogP) is 8.17. The van der Waals surface area contributed by atoms with Crippen LogP contribution in [0.4, 0.5) is 0 Å². The van der Waals surface area contributed by atoms with E-state index in [2.05, 4.69) is 34.4 Å². The molecule has 14 nitrogen and oxygen atoms in total. The van der Waals surface area contributed by atoms with Gasteiger partial charge in [-0.1, -0.05) is 82.0 Å². The van der Waals surface area contributed by atoms with Crippen LogP contribution in [0.1, 0.15) is 111 Å². The number of carboxylic acids is 1. The number of aromatic nitrogens is 2. The number of H-pyrrole nitrogens is 2. The number of hydrogen-bond donors (Lipinski definition) is 7. The number of pyridine rings is 2. The molecule has 338 valence electrons. The number of carboxylic acid groups (broad SMARTS) is 1. The second kappa shape index (κ2) is 22.8. The fourth-order valence-electron chi connectivity index (χ4n) is 7.09. The van der Waals surface area contributed by atoms with E-state index in [9.17, 15) is 34.2 Å². The van der Waals surface area contributed by atoms with Crippen LogP contribution in [0.15, 0.2) is 82.4 Å². The van der Waals surface area contributed by atoms with Gasteiger partial charge >= 0.3 is 5.97 Å². The molecule has 0 bridgehead atoms. The first-order valence-electron chi connectivity index (χ1n) is 21.7. The van der Waals surface area contributed by atoms with Crippen LogP contribution in [0.2, 0.25) is 0 Å². The maximum atomic E-state index is 12.6. The molecule has 7 N–H and O–H groups in total. The first kappa shape index (κ1) is 48.0. The molecule has 0 fully saturated rings. The zero-order valence-corrected chi connectivity index (χ0v) is 37.1. The third-order valence-corrected chi connectivity index (χ3v) is 10.8. The largest absolute Gasteiger partial charge is 0.508 e. The van der Waals surface area contributed by atoms with Crippen molar-refractivity contribution < 1.29 is 39.2 Å². The van der Waals surface area contributed by atoms with Gasteiger partial charge in [-0.15, -0.1) is 0 Å². The second-order valence-corrected chi connectivity index (χ2v) is 15.8. The highest BCUT2D eigenvalue weighted by Crippen LogP contribution is 2.29. The lowest BCUT2D eigenvalue weighted by molar-refractivity contribution is 0.0693. The molecule has 2 amide bonds. The van der Waals surface area contributed by atoms with Gasteiger partial charge in [0.05, 0.1) is 24.2 Å². The maximum absolute atomic E-state index is 12.6. The van der Waals surface area contributed by atoms with Gasteiger partial charge in [0.1, 0.15) is 39.7 Å². The van der Waals surface area contributed by atoms with Crippen LogP contribution in [-0.4, -0.2) is 69.4 Å². The fraction of sp³-hybridized carbons (Fsp3) is 0.340. The Balaban J connectivity index is 0.000000241. The minimum atomic E-state index is -1.22. The zero-order valence-electron chi connectivity index (χ0n) is 37.1. The molecule has 14 heteroatoms. The van der Waals surface area contributed by atoms with Gasteiger partial charge in [0.25, 0.3) is 22.9 Å². The Morgan fingerprint density at radius 2 is 1.03 bits per heavy atom. The average Bonchev–Trinajstić information content (AvgIpc) is 3.26. The Morgan fingerprint density at radius 3 is 1.47 bits per heavy atom. The highest BCUT2D eigenvalue weighted by Gasteiger charge is 2.17. The number of phenolic OH excluding ortho intramolecular Hbond substituents is 1. The highest BCUT2D eigenvalue weighted by atomic mass is 16.5. The van der Waals surface area contributed by atoms with Crippen LogP contribution in [0.25, 0.3) is 21.8 Å². The summed E-state index contributed by atoms with van der Waals surface area (Å²) in [5, 5.41) is 35.3. The standard InChI is InChI=1S/C25H28N2O6.C25H30N2O4/c1-3-4-5-12-33-22-15(2)6-8-17-14-19(24(30)27-21(17)22)23(29)26-11-10-16-7-9-18(25(31)32)20(28)13-16;1-4-5-6-13-31-23-16(2)7-9-19-15-20(25(30)27-22(19)23)24(29)26-12-11-18-8-10-21(28)17(3)14-18/h6-9,13-14,28H,3-5,10-12H2,1-2H3,(H,26,29)(H,27,30)(H,31,32);7-10,14-15,28H,4-6,11-13H2,1-3H3,(H,26,29)(H,27,30). The Hall–Kier alpha value is -7.09. The van der Waals surface area contributed by atoms with Crippen LogP contribution in [0.3, 0.4) is 0 Å². The summed E-state index contributed by atoms with van der Waals surface area (Å²) in [4.78, 5) is 67.1. The van der Waals surface area contributed by atoms with Crippen molar-refractivity contribution in [2.24, 2.45) is 0 Å².